The minimum atomic E-state index is -0.545. The summed E-state index contributed by atoms with van der Waals surface area (Å²) in [7, 11) is 0. The number of carbonyl (C=O) groups excluding carboxylic acids is 1. The molecule has 1 aromatic carbocycles. The molecule has 3 N–H and O–H groups in total. The third-order valence-electron chi connectivity index (χ3n) is 4.19. The van der Waals surface area contributed by atoms with Crippen molar-refractivity contribution in [2.75, 3.05) is 5.32 Å². The Morgan fingerprint density at radius 2 is 1.89 bits per heavy atom. The van der Waals surface area contributed by atoms with Gasteiger partial charge in [-0.25, -0.2) is 15.4 Å². The van der Waals surface area contributed by atoms with E-state index in [9.17, 15) is 4.79 Å². The van der Waals surface area contributed by atoms with E-state index in [1.54, 1.807) is 29.7 Å². The number of carbonyl (C=O) groups is 1. The first kappa shape index (κ1) is 17.2. The van der Waals surface area contributed by atoms with Gasteiger partial charge in [0.15, 0.2) is 5.13 Å². The second-order valence-corrected chi connectivity index (χ2v) is 7.02. The van der Waals surface area contributed by atoms with Crippen LogP contribution in [0.5, 0.6) is 0 Å². The van der Waals surface area contributed by atoms with Crippen LogP contribution in [0.15, 0.2) is 48.0 Å². The molecule has 3 heterocycles. The molecule has 0 aliphatic rings. The van der Waals surface area contributed by atoms with Crippen LogP contribution in [0.2, 0.25) is 0 Å². The molecule has 0 fully saturated rings. The van der Waals surface area contributed by atoms with Crippen LogP contribution in [-0.4, -0.2) is 25.5 Å². The first-order valence-corrected chi connectivity index (χ1v) is 9.16. The quantitative estimate of drug-likeness (QED) is 0.369. The highest BCUT2D eigenvalue weighted by molar-refractivity contribution is 7.14. The number of amides is 1. The Labute approximate surface area is 159 Å². The van der Waals surface area contributed by atoms with Crippen LogP contribution < -0.4 is 10.8 Å². The Morgan fingerprint density at radius 3 is 2.63 bits per heavy atom. The Kier molecular flexibility index (Phi) is 4.35. The van der Waals surface area contributed by atoms with E-state index in [0.717, 1.165) is 39.1 Å². The summed E-state index contributed by atoms with van der Waals surface area (Å²) in [5.74, 6) is -0.545. The molecular formula is C19H17N5O2S. The number of aryl methyl sites for hydroxylation is 2. The SMILES string of the molecule is Cc1ccc2nc(C)c(-c3csc(Nc4ccc(C(=O)NO)cc4)n3)n2c1. The molecule has 0 saturated carbocycles. The molecule has 0 aliphatic heterocycles. The first-order chi connectivity index (χ1) is 13.0. The van der Waals surface area contributed by atoms with Crippen LogP contribution >= 0.6 is 11.3 Å². The van der Waals surface area contributed by atoms with E-state index >= 15 is 0 Å². The van der Waals surface area contributed by atoms with E-state index < -0.39 is 5.91 Å². The zero-order chi connectivity index (χ0) is 19.0. The van der Waals surface area contributed by atoms with Crippen molar-refractivity contribution >= 4 is 33.7 Å². The number of thiazole rings is 1. The van der Waals surface area contributed by atoms with E-state index in [1.807, 2.05) is 31.4 Å². The fraction of sp³-hybridized carbons (Fsp3) is 0.105. The van der Waals surface area contributed by atoms with Crippen LogP contribution in [0.3, 0.4) is 0 Å². The number of benzene rings is 1. The average Bonchev–Trinajstić information content (AvgIpc) is 3.24. The number of pyridine rings is 1. The van der Waals surface area contributed by atoms with Crippen LogP contribution in [0.1, 0.15) is 21.6 Å². The number of nitrogens with one attached hydrogen (secondary N) is 2. The maximum absolute atomic E-state index is 11.4. The molecule has 27 heavy (non-hydrogen) atoms. The summed E-state index contributed by atoms with van der Waals surface area (Å²) in [5, 5.41) is 14.6. The van der Waals surface area contributed by atoms with Gasteiger partial charge in [-0.05, 0) is 49.7 Å². The van der Waals surface area contributed by atoms with E-state index in [1.165, 1.54) is 11.3 Å². The van der Waals surface area contributed by atoms with E-state index in [-0.39, 0.29) is 0 Å². The molecule has 8 heteroatoms. The van der Waals surface area contributed by atoms with Crippen LogP contribution in [0.25, 0.3) is 17.0 Å². The number of nitrogens with zero attached hydrogens (tertiary/aromatic N) is 3. The third kappa shape index (κ3) is 3.27. The molecule has 0 radical (unpaired) electrons. The van der Waals surface area contributed by atoms with Crippen molar-refractivity contribution in [1.82, 2.24) is 19.8 Å². The molecule has 0 unspecified atom stereocenters. The van der Waals surface area contributed by atoms with Crippen molar-refractivity contribution in [2.45, 2.75) is 13.8 Å². The summed E-state index contributed by atoms with van der Waals surface area (Å²) >= 11 is 1.50. The van der Waals surface area contributed by atoms with Crippen molar-refractivity contribution in [1.29, 1.82) is 0 Å². The molecule has 136 valence electrons. The molecule has 0 saturated heterocycles. The van der Waals surface area contributed by atoms with Crippen molar-refractivity contribution < 1.29 is 10.0 Å². The summed E-state index contributed by atoms with van der Waals surface area (Å²) in [4.78, 5) is 20.7. The third-order valence-corrected chi connectivity index (χ3v) is 4.95. The first-order valence-electron chi connectivity index (χ1n) is 8.28. The Bertz CT molecular complexity index is 1130. The van der Waals surface area contributed by atoms with Gasteiger partial charge in [-0.1, -0.05) is 6.07 Å². The number of anilines is 2. The average molecular weight is 379 g/mol. The van der Waals surface area contributed by atoms with Gasteiger partial charge in [-0.3, -0.25) is 14.4 Å². The van der Waals surface area contributed by atoms with Gasteiger partial charge >= 0.3 is 0 Å². The molecule has 3 aromatic heterocycles. The highest BCUT2D eigenvalue weighted by Gasteiger charge is 2.14. The van der Waals surface area contributed by atoms with Crippen molar-refractivity contribution in [2.24, 2.45) is 0 Å². The van der Waals surface area contributed by atoms with Gasteiger partial charge < -0.3 is 5.32 Å². The number of aromatic nitrogens is 3. The summed E-state index contributed by atoms with van der Waals surface area (Å²) in [5.41, 5.74) is 7.61. The molecular weight excluding hydrogens is 362 g/mol. The van der Waals surface area contributed by atoms with E-state index in [0.29, 0.717) is 5.56 Å². The van der Waals surface area contributed by atoms with Gasteiger partial charge in [-0.2, -0.15) is 0 Å². The van der Waals surface area contributed by atoms with Crippen LogP contribution in [0, 0.1) is 13.8 Å². The topological polar surface area (TPSA) is 91.5 Å². The van der Waals surface area contributed by atoms with Crippen LogP contribution in [-0.2, 0) is 0 Å². The minimum absolute atomic E-state index is 0.375. The summed E-state index contributed by atoms with van der Waals surface area (Å²) < 4.78 is 2.06. The van der Waals surface area contributed by atoms with Gasteiger partial charge in [0, 0.05) is 22.8 Å². The molecule has 0 spiro atoms. The van der Waals surface area contributed by atoms with Crippen LogP contribution in [0.4, 0.5) is 10.8 Å². The molecule has 1 amide bonds. The van der Waals surface area contributed by atoms with Crippen molar-refractivity contribution in [3.63, 3.8) is 0 Å². The Balaban J connectivity index is 1.62. The lowest BCUT2D eigenvalue weighted by Gasteiger charge is -2.04. The predicted octanol–water partition coefficient (Wildman–Crippen LogP) is 3.94. The summed E-state index contributed by atoms with van der Waals surface area (Å²) in [6.07, 6.45) is 2.06. The van der Waals surface area contributed by atoms with Gasteiger partial charge in [-0.15, -0.1) is 11.3 Å². The summed E-state index contributed by atoms with van der Waals surface area (Å²) in [6.45, 7) is 4.03. The van der Waals surface area contributed by atoms with Gasteiger partial charge in [0.1, 0.15) is 11.3 Å². The highest BCUT2D eigenvalue weighted by Crippen LogP contribution is 2.30. The van der Waals surface area contributed by atoms with Gasteiger partial charge in [0.2, 0.25) is 0 Å². The standard InChI is InChI=1S/C19H17N5O2S/c1-11-3-8-16-20-12(2)17(24(16)9-11)15-10-27-19(22-15)21-14-6-4-13(5-7-14)18(25)23-26/h3-10,26H,1-2H3,(H,21,22)(H,23,25). The van der Waals surface area contributed by atoms with Gasteiger partial charge in [0.05, 0.1) is 11.4 Å². The lowest BCUT2D eigenvalue weighted by Crippen LogP contribution is -2.18. The Morgan fingerprint density at radius 1 is 1.11 bits per heavy atom. The number of fused-ring (bicyclic) bond motifs is 1. The second kappa shape index (κ2) is 6.82. The monoisotopic (exact) mass is 379 g/mol. The van der Waals surface area contributed by atoms with Gasteiger partial charge in [0.25, 0.3) is 5.91 Å². The number of rotatable bonds is 4. The molecule has 0 aliphatic carbocycles. The number of imidazole rings is 1. The van der Waals surface area contributed by atoms with Crippen molar-refractivity contribution in [3.05, 3.63) is 64.8 Å². The summed E-state index contributed by atoms with van der Waals surface area (Å²) in [6, 6.07) is 10.8. The maximum Gasteiger partial charge on any atom is 0.274 e. The second-order valence-electron chi connectivity index (χ2n) is 6.16. The largest absolute Gasteiger partial charge is 0.332 e. The number of hydrogen-bond donors (Lipinski definition) is 3. The predicted molar refractivity (Wildman–Crippen MR) is 105 cm³/mol. The molecule has 7 nitrogen and oxygen atoms in total. The molecule has 4 rings (SSSR count). The zero-order valence-corrected chi connectivity index (χ0v) is 15.5. The van der Waals surface area contributed by atoms with E-state index in [4.69, 9.17) is 5.21 Å². The lowest BCUT2D eigenvalue weighted by molar-refractivity contribution is 0.0706. The lowest BCUT2D eigenvalue weighted by atomic mass is 10.2. The Hall–Kier alpha value is -3.23. The minimum Gasteiger partial charge on any atom is -0.332 e. The van der Waals surface area contributed by atoms with E-state index in [2.05, 4.69) is 25.9 Å². The normalized spacial score (nSPS) is 10.9. The fourth-order valence-electron chi connectivity index (χ4n) is 2.91. The number of hydroxylamine groups is 1. The highest BCUT2D eigenvalue weighted by atomic mass is 32.1. The molecule has 0 bridgehead atoms. The maximum atomic E-state index is 11.4. The number of hydrogen-bond acceptors (Lipinski definition) is 6. The molecule has 4 aromatic rings. The zero-order valence-electron chi connectivity index (χ0n) is 14.7. The molecule has 0 atom stereocenters. The van der Waals surface area contributed by atoms with Crippen molar-refractivity contribution in [3.8, 4) is 11.4 Å². The fourth-order valence-corrected chi connectivity index (χ4v) is 3.63. The smallest absolute Gasteiger partial charge is 0.274 e.